The van der Waals surface area contributed by atoms with E-state index in [1.807, 2.05) is 38.2 Å². The fraction of sp³-hybridized carbons (Fsp3) is 0.273. The third kappa shape index (κ3) is 3.31. The number of halogens is 1. The monoisotopic (exact) mass is 379 g/mol. The van der Waals surface area contributed by atoms with Gasteiger partial charge in [-0.2, -0.15) is 0 Å². The molecule has 0 saturated carbocycles. The van der Waals surface area contributed by atoms with Crippen LogP contribution in [0.15, 0.2) is 53.3 Å². The van der Waals surface area contributed by atoms with Gasteiger partial charge < -0.3 is 10.0 Å². The molecule has 0 fully saturated rings. The van der Waals surface area contributed by atoms with Crippen LogP contribution in [0.4, 0.5) is 4.39 Å². The number of aromatic nitrogens is 2. The summed E-state index contributed by atoms with van der Waals surface area (Å²) in [5.74, 6) is -0.352. The molecule has 1 aromatic heterocycles. The highest BCUT2D eigenvalue weighted by Gasteiger charge is 2.27. The predicted molar refractivity (Wildman–Crippen MR) is 105 cm³/mol. The highest BCUT2D eigenvalue weighted by Crippen LogP contribution is 2.30. The molecule has 0 aliphatic carbocycles. The van der Waals surface area contributed by atoms with Crippen molar-refractivity contribution in [3.05, 3.63) is 92.6 Å². The quantitative estimate of drug-likeness (QED) is 0.760. The first-order valence-electron chi connectivity index (χ1n) is 9.28. The van der Waals surface area contributed by atoms with Crippen molar-refractivity contribution in [2.24, 2.45) is 0 Å². The van der Waals surface area contributed by atoms with Crippen LogP contribution < -0.4 is 5.56 Å². The molecule has 0 spiro atoms. The lowest BCUT2D eigenvalue weighted by atomic mass is 9.96. The summed E-state index contributed by atoms with van der Waals surface area (Å²) in [5, 5.41) is 10.7. The Morgan fingerprint density at radius 2 is 1.68 bits per heavy atom. The Kier molecular flexibility index (Phi) is 4.73. The minimum Gasteiger partial charge on any atom is -0.480 e. The van der Waals surface area contributed by atoms with E-state index in [0.29, 0.717) is 29.8 Å². The van der Waals surface area contributed by atoms with Gasteiger partial charge in [0.2, 0.25) is 0 Å². The van der Waals surface area contributed by atoms with Crippen LogP contribution in [0.2, 0.25) is 0 Å². The Balaban J connectivity index is 1.93. The van der Waals surface area contributed by atoms with Crippen LogP contribution >= 0.6 is 0 Å². The van der Waals surface area contributed by atoms with E-state index in [1.165, 1.54) is 16.7 Å². The molecule has 28 heavy (non-hydrogen) atoms. The summed E-state index contributed by atoms with van der Waals surface area (Å²) in [6.45, 7) is 3.28. The minimum absolute atomic E-state index is 0.245. The second-order valence-corrected chi connectivity index (χ2v) is 7.36. The minimum atomic E-state index is -0.592. The number of likely N-dealkylation sites (N-methyl/N-ethyl adjacent to an activating group) is 1. The molecule has 2 heterocycles. The topological polar surface area (TPSA) is 58.4 Å². The van der Waals surface area contributed by atoms with E-state index in [4.69, 9.17) is 0 Å². The van der Waals surface area contributed by atoms with Gasteiger partial charge in [0.15, 0.2) is 0 Å². The van der Waals surface area contributed by atoms with Gasteiger partial charge in [0.1, 0.15) is 5.82 Å². The van der Waals surface area contributed by atoms with Crippen LogP contribution in [-0.2, 0) is 13.0 Å². The first-order chi connectivity index (χ1) is 13.4. The van der Waals surface area contributed by atoms with Gasteiger partial charge >= 0.3 is 0 Å². The SMILES string of the molecule is Cc1ccc(C(c2ccc(F)cc2)n2c(O)nc3c(c2=O)CCN(C)C3)cc1. The number of aromatic hydroxyl groups is 1. The zero-order valence-electron chi connectivity index (χ0n) is 15.9. The van der Waals surface area contributed by atoms with E-state index in [0.717, 1.165) is 17.7 Å². The number of nitrogens with zero attached hydrogens (tertiary/aromatic N) is 3. The fourth-order valence-corrected chi connectivity index (χ4v) is 3.74. The van der Waals surface area contributed by atoms with E-state index >= 15 is 0 Å². The molecular weight excluding hydrogens is 357 g/mol. The third-order valence-electron chi connectivity index (χ3n) is 5.28. The third-order valence-corrected chi connectivity index (χ3v) is 5.28. The van der Waals surface area contributed by atoms with Gasteiger partial charge in [0.25, 0.3) is 11.6 Å². The second kappa shape index (κ2) is 7.20. The molecular formula is C22H22FN3O2. The molecule has 1 unspecified atom stereocenters. The number of rotatable bonds is 3. The molecule has 0 saturated heterocycles. The van der Waals surface area contributed by atoms with Gasteiger partial charge in [-0.3, -0.25) is 9.36 Å². The molecule has 5 nitrogen and oxygen atoms in total. The first-order valence-corrected chi connectivity index (χ1v) is 9.28. The Labute approximate surface area is 162 Å². The van der Waals surface area contributed by atoms with Crippen LogP contribution in [0.1, 0.15) is 34.0 Å². The zero-order chi connectivity index (χ0) is 19.8. The molecule has 0 radical (unpaired) electrons. The average Bonchev–Trinajstić information content (AvgIpc) is 2.67. The highest BCUT2D eigenvalue weighted by atomic mass is 19.1. The molecule has 4 rings (SSSR count). The molecule has 6 heteroatoms. The molecule has 1 aliphatic rings. The largest absolute Gasteiger partial charge is 0.480 e. The van der Waals surface area contributed by atoms with Crippen molar-refractivity contribution in [2.45, 2.75) is 25.9 Å². The summed E-state index contributed by atoms with van der Waals surface area (Å²) in [5.41, 5.74) is 3.63. The zero-order valence-corrected chi connectivity index (χ0v) is 15.9. The summed E-state index contributed by atoms with van der Waals surface area (Å²) >= 11 is 0. The van der Waals surface area contributed by atoms with Gasteiger partial charge in [-0.25, -0.2) is 9.37 Å². The summed E-state index contributed by atoms with van der Waals surface area (Å²) in [6, 6.07) is 12.8. The van der Waals surface area contributed by atoms with E-state index in [9.17, 15) is 14.3 Å². The van der Waals surface area contributed by atoms with Gasteiger partial charge in [-0.15, -0.1) is 0 Å². The van der Waals surface area contributed by atoms with Crippen LogP contribution in [0.25, 0.3) is 0 Å². The lowest BCUT2D eigenvalue weighted by Gasteiger charge is -2.27. The smallest absolute Gasteiger partial charge is 0.297 e. The Bertz CT molecular complexity index is 1010. The molecule has 0 amide bonds. The van der Waals surface area contributed by atoms with Gasteiger partial charge in [-0.05, 0) is 43.7 Å². The molecule has 144 valence electrons. The number of fused-ring (bicyclic) bond motifs is 1. The maximum atomic E-state index is 13.5. The van der Waals surface area contributed by atoms with Gasteiger partial charge in [0, 0.05) is 18.7 Å². The first kappa shape index (κ1) is 18.4. The van der Waals surface area contributed by atoms with Crippen molar-refractivity contribution in [1.82, 2.24) is 14.5 Å². The lowest BCUT2D eigenvalue weighted by molar-refractivity contribution is 0.295. The van der Waals surface area contributed by atoms with Crippen LogP contribution in [0.5, 0.6) is 6.01 Å². The van der Waals surface area contributed by atoms with Crippen LogP contribution in [-0.4, -0.2) is 33.1 Å². The van der Waals surface area contributed by atoms with Gasteiger partial charge in [0.05, 0.1) is 11.7 Å². The Hall–Kier alpha value is -2.99. The van der Waals surface area contributed by atoms with Crippen molar-refractivity contribution >= 4 is 0 Å². The van der Waals surface area contributed by atoms with Gasteiger partial charge in [-0.1, -0.05) is 42.0 Å². The van der Waals surface area contributed by atoms with E-state index < -0.39 is 6.04 Å². The van der Waals surface area contributed by atoms with Crippen molar-refractivity contribution < 1.29 is 9.50 Å². The fourth-order valence-electron chi connectivity index (χ4n) is 3.74. The molecule has 2 aromatic carbocycles. The molecule has 1 atom stereocenters. The Morgan fingerprint density at radius 3 is 2.32 bits per heavy atom. The molecule has 3 aromatic rings. The molecule has 1 aliphatic heterocycles. The Morgan fingerprint density at radius 1 is 1.07 bits per heavy atom. The van der Waals surface area contributed by atoms with Crippen LogP contribution in [0.3, 0.4) is 0 Å². The summed E-state index contributed by atoms with van der Waals surface area (Å²) < 4.78 is 14.8. The van der Waals surface area contributed by atoms with Crippen molar-refractivity contribution in [3.63, 3.8) is 0 Å². The maximum Gasteiger partial charge on any atom is 0.297 e. The highest BCUT2D eigenvalue weighted by molar-refractivity contribution is 5.37. The predicted octanol–water partition coefficient (Wildman–Crippen LogP) is 3.02. The number of aryl methyl sites for hydroxylation is 1. The standard InChI is InChI=1S/C22H22FN3O2/c1-14-3-5-15(6-4-14)20(16-7-9-17(23)10-8-16)26-21(27)18-11-12-25(2)13-19(18)24-22(26)28/h3-10,20H,11-13H2,1-2H3,(H,24,28). The van der Waals surface area contributed by atoms with Crippen molar-refractivity contribution in [1.29, 1.82) is 0 Å². The van der Waals surface area contributed by atoms with E-state index in [-0.39, 0.29) is 17.4 Å². The molecule has 0 bridgehead atoms. The number of benzene rings is 2. The normalized spacial score (nSPS) is 15.2. The summed E-state index contributed by atoms with van der Waals surface area (Å²) in [7, 11) is 1.96. The number of hydrogen-bond donors (Lipinski definition) is 1. The van der Waals surface area contributed by atoms with Crippen molar-refractivity contribution in [2.75, 3.05) is 13.6 Å². The summed E-state index contributed by atoms with van der Waals surface area (Å²) in [6.07, 6.45) is 0.585. The number of hydrogen-bond acceptors (Lipinski definition) is 4. The van der Waals surface area contributed by atoms with E-state index in [1.54, 1.807) is 12.1 Å². The second-order valence-electron chi connectivity index (χ2n) is 7.36. The maximum absolute atomic E-state index is 13.5. The van der Waals surface area contributed by atoms with E-state index in [2.05, 4.69) is 9.88 Å². The average molecular weight is 379 g/mol. The van der Waals surface area contributed by atoms with Crippen LogP contribution in [0, 0.1) is 12.7 Å². The van der Waals surface area contributed by atoms with Crippen molar-refractivity contribution in [3.8, 4) is 6.01 Å². The summed E-state index contributed by atoms with van der Waals surface area (Å²) in [4.78, 5) is 19.7. The molecule has 1 N–H and O–H groups in total. The lowest BCUT2D eigenvalue weighted by Crippen LogP contribution is -2.37.